The molecule has 96 valence electrons. The molecule has 0 aliphatic heterocycles. The second kappa shape index (κ2) is 6.31. The lowest BCUT2D eigenvalue weighted by Crippen LogP contribution is -2.31. The SMILES string of the molecule is COC(C)(C)CCC(NN)c1ccc(Cl)nc1. The molecule has 1 atom stereocenters. The van der Waals surface area contributed by atoms with Crippen LogP contribution in [-0.4, -0.2) is 17.7 Å². The number of nitrogens with two attached hydrogens (primary N) is 1. The monoisotopic (exact) mass is 257 g/mol. The molecule has 0 spiro atoms. The van der Waals surface area contributed by atoms with Crippen molar-refractivity contribution in [3.8, 4) is 0 Å². The van der Waals surface area contributed by atoms with Crippen LogP contribution < -0.4 is 11.3 Å². The molecule has 1 heterocycles. The van der Waals surface area contributed by atoms with Crippen LogP contribution in [0.1, 0.15) is 38.3 Å². The molecule has 3 N–H and O–H groups in total. The minimum absolute atomic E-state index is 0.0641. The minimum Gasteiger partial charge on any atom is -0.379 e. The third kappa shape index (κ3) is 4.60. The van der Waals surface area contributed by atoms with Crippen molar-refractivity contribution in [3.05, 3.63) is 29.0 Å². The largest absolute Gasteiger partial charge is 0.379 e. The number of nitrogens with one attached hydrogen (secondary N) is 1. The van der Waals surface area contributed by atoms with Crippen LogP contribution in [0.15, 0.2) is 18.3 Å². The molecule has 0 radical (unpaired) electrons. The molecular formula is C12H20ClN3O. The molecule has 0 fully saturated rings. The van der Waals surface area contributed by atoms with Crippen LogP contribution in [0.5, 0.6) is 0 Å². The number of hydrogen-bond donors (Lipinski definition) is 2. The second-order valence-corrected chi connectivity index (χ2v) is 5.02. The molecule has 17 heavy (non-hydrogen) atoms. The van der Waals surface area contributed by atoms with Crippen molar-refractivity contribution in [1.82, 2.24) is 10.4 Å². The topological polar surface area (TPSA) is 60.2 Å². The minimum atomic E-state index is -0.144. The first-order valence-electron chi connectivity index (χ1n) is 5.61. The highest BCUT2D eigenvalue weighted by Gasteiger charge is 2.19. The van der Waals surface area contributed by atoms with Gasteiger partial charge in [-0.2, -0.15) is 0 Å². The Morgan fingerprint density at radius 2 is 2.24 bits per heavy atom. The number of hydrogen-bond acceptors (Lipinski definition) is 4. The van der Waals surface area contributed by atoms with E-state index in [1.807, 2.05) is 6.07 Å². The summed E-state index contributed by atoms with van der Waals surface area (Å²) in [6.45, 7) is 4.11. The zero-order valence-corrected chi connectivity index (χ0v) is 11.3. The zero-order chi connectivity index (χ0) is 12.9. The Bertz CT molecular complexity index is 340. The Morgan fingerprint density at radius 1 is 1.53 bits per heavy atom. The number of pyridine rings is 1. The maximum Gasteiger partial charge on any atom is 0.129 e. The summed E-state index contributed by atoms with van der Waals surface area (Å²) < 4.78 is 5.38. The van der Waals surface area contributed by atoms with Gasteiger partial charge in [-0.15, -0.1) is 0 Å². The van der Waals surface area contributed by atoms with E-state index >= 15 is 0 Å². The molecule has 0 saturated carbocycles. The molecule has 0 aliphatic carbocycles. The lowest BCUT2D eigenvalue weighted by Gasteiger charge is -2.25. The van der Waals surface area contributed by atoms with E-state index in [-0.39, 0.29) is 11.6 Å². The predicted octanol–water partition coefficient (Wildman–Crippen LogP) is 2.44. The summed E-state index contributed by atoms with van der Waals surface area (Å²) in [5.74, 6) is 5.56. The summed E-state index contributed by atoms with van der Waals surface area (Å²) >= 11 is 5.75. The lowest BCUT2D eigenvalue weighted by molar-refractivity contribution is 0.0116. The number of hydrazine groups is 1. The van der Waals surface area contributed by atoms with Crippen molar-refractivity contribution in [2.45, 2.75) is 38.3 Å². The number of nitrogens with zero attached hydrogens (tertiary/aromatic N) is 1. The number of aromatic nitrogens is 1. The first kappa shape index (κ1) is 14.4. The Hall–Kier alpha value is -0.680. The van der Waals surface area contributed by atoms with Crippen molar-refractivity contribution < 1.29 is 4.74 Å². The van der Waals surface area contributed by atoms with Crippen LogP contribution in [0.25, 0.3) is 0 Å². The smallest absolute Gasteiger partial charge is 0.129 e. The molecule has 0 bridgehead atoms. The highest BCUT2D eigenvalue weighted by atomic mass is 35.5. The fraction of sp³-hybridized carbons (Fsp3) is 0.583. The Labute approximate surface area is 107 Å². The number of rotatable bonds is 6. The molecule has 0 amide bonds. The van der Waals surface area contributed by atoms with Crippen molar-refractivity contribution in [3.63, 3.8) is 0 Å². The Kier molecular flexibility index (Phi) is 5.33. The van der Waals surface area contributed by atoms with E-state index in [4.69, 9.17) is 22.2 Å². The van der Waals surface area contributed by atoms with Crippen LogP contribution in [0, 0.1) is 0 Å². The van der Waals surface area contributed by atoms with E-state index in [9.17, 15) is 0 Å². The third-order valence-electron chi connectivity index (χ3n) is 2.94. The fourth-order valence-corrected chi connectivity index (χ4v) is 1.65. The van der Waals surface area contributed by atoms with E-state index in [1.54, 1.807) is 19.4 Å². The predicted molar refractivity (Wildman–Crippen MR) is 69.6 cm³/mol. The summed E-state index contributed by atoms with van der Waals surface area (Å²) in [6.07, 6.45) is 3.52. The molecule has 1 aromatic heterocycles. The molecule has 1 rings (SSSR count). The summed E-state index contributed by atoms with van der Waals surface area (Å²) in [4.78, 5) is 4.05. The second-order valence-electron chi connectivity index (χ2n) is 4.64. The first-order chi connectivity index (χ1) is 7.98. The van der Waals surface area contributed by atoms with Crippen molar-refractivity contribution in [2.24, 2.45) is 5.84 Å². The third-order valence-corrected chi connectivity index (χ3v) is 3.17. The van der Waals surface area contributed by atoms with Crippen LogP contribution >= 0.6 is 11.6 Å². The van der Waals surface area contributed by atoms with E-state index in [1.165, 1.54) is 0 Å². The lowest BCUT2D eigenvalue weighted by atomic mass is 9.96. The average Bonchev–Trinajstić information content (AvgIpc) is 2.32. The zero-order valence-electron chi connectivity index (χ0n) is 10.5. The number of halogens is 1. The van der Waals surface area contributed by atoms with E-state index in [0.717, 1.165) is 18.4 Å². The Balaban J connectivity index is 2.63. The van der Waals surface area contributed by atoms with Crippen molar-refractivity contribution >= 4 is 11.6 Å². The highest BCUT2D eigenvalue weighted by Crippen LogP contribution is 2.24. The Morgan fingerprint density at radius 3 is 2.71 bits per heavy atom. The molecule has 1 unspecified atom stereocenters. The van der Waals surface area contributed by atoms with E-state index < -0.39 is 0 Å². The summed E-state index contributed by atoms with van der Waals surface area (Å²) in [5.41, 5.74) is 3.68. The average molecular weight is 258 g/mol. The molecule has 4 nitrogen and oxygen atoms in total. The van der Waals surface area contributed by atoms with Crippen LogP contribution in [-0.2, 0) is 4.74 Å². The van der Waals surface area contributed by atoms with Gasteiger partial charge in [-0.3, -0.25) is 11.3 Å². The summed E-state index contributed by atoms with van der Waals surface area (Å²) in [6, 6.07) is 3.76. The molecule has 1 aromatic rings. The van der Waals surface area contributed by atoms with Gasteiger partial charge in [0.25, 0.3) is 0 Å². The normalized spacial score (nSPS) is 13.7. The maximum absolute atomic E-state index is 5.75. The van der Waals surface area contributed by atoms with Gasteiger partial charge in [-0.05, 0) is 38.3 Å². The van der Waals surface area contributed by atoms with Gasteiger partial charge in [0.1, 0.15) is 5.15 Å². The van der Waals surface area contributed by atoms with Gasteiger partial charge >= 0.3 is 0 Å². The highest BCUT2D eigenvalue weighted by molar-refractivity contribution is 6.29. The van der Waals surface area contributed by atoms with Crippen LogP contribution in [0.2, 0.25) is 5.15 Å². The summed E-state index contributed by atoms with van der Waals surface area (Å²) in [5, 5.41) is 0.488. The van der Waals surface area contributed by atoms with Gasteiger partial charge < -0.3 is 4.74 Å². The van der Waals surface area contributed by atoms with Gasteiger partial charge in [0.15, 0.2) is 0 Å². The molecule has 5 heteroatoms. The van der Waals surface area contributed by atoms with Gasteiger partial charge in [-0.25, -0.2) is 4.98 Å². The standard InChI is InChI=1S/C12H20ClN3O/c1-12(2,17-3)7-6-10(16-14)9-4-5-11(13)15-8-9/h4-5,8,10,16H,6-7,14H2,1-3H3. The van der Waals surface area contributed by atoms with Gasteiger partial charge in [0.2, 0.25) is 0 Å². The number of methoxy groups -OCH3 is 1. The van der Waals surface area contributed by atoms with Gasteiger partial charge in [0.05, 0.1) is 5.60 Å². The van der Waals surface area contributed by atoms with Gasteiger partial charge in [-0.1, -0.05) is 17.7 Å². The maximum atomic E-state index is 5.75. The van der Waals surface area contributed by atoms with Crippen LogP contribution in [0.4, 0.5) is 0 Å². The number of ether oxygens (including phenoxy) is 1. The van der Waals surface area contributed by atoms with Gasteiger partial charge in [0, 0.05) is 19.3 Å². The molecular weight excluding hydrogens is 238 g/mol. The summed E-state index contributed by atoms with van der Waals surface area (Å²) in [7, 11) is 1.72. The quantitative estimate of drug-likeness (QED) is 0.467. The van der Waals surface area contributed by atoms with Crippen molar-refractivity contribution in [2.75, 3.05) is 7.11 Å². The first-order valence-corrected chi connectivity index (χ1v) is 5.99. The van der Waals surface area contributed by atoms with Crippen LogP contribution in [0.3, 0.4) is 0 Å². The molecule has 0 aromatic carbocycles. The molecule has 0 saturated heterocycles. The fourth-order valence-electron chi connectivity index (χ4n) is 1.53. The van der Waals surface area contributed by atoms with Crippen molar-refractivity contribution in [1.29, 1.82) is 0 Å². The van der Waals surface area contributed by atoms with E-state index in [2.05, 4.69) is 24.3 Å². The van der Waals surface area contributed by atoms with E-state index in [0.29, 0.717) is 5.15 Å². The molecule has 0 aliphatic rings.